The lowest BCUT2D eigenvalue weighted by Crippen LogP contribution is -2.47. The molecule has 2 atom stereocenters. The van der Waals surface area contributed by atoms with E-state index in [0.29, 0.717) is 6.04 Å². The molecule has 0 bridgehead atoms. The maximum absolute atomic E-state index is 12.3. The van der Waals surface area contributed by atoms with E-state index in [4.69, 9.17) is 0 Å². The van der Waals surface area contributed by atoms with Crippen LogP contribution in [0, 0.1) is 0 Å². The number of rotatable bonds is 2. The van der Waals surface area contributed by atoms with Crippen LogP contribution in [0.5, 0.6) is 0 Å². The predicted octanol–water partition coefficient (Wildman–Crippen LogP) is 2.43. The Labute approximate surface area is 118 Å². The van der Waals surface area contributed by atoms with Crippen LogP contribution in [0.1, 0.15) is 24.8 Å². The lowest BCUT2D eigenvalue weighted by atomic mass is 10.0. The van der Waals surface area contributed by atoms with Crippen LogP contribution >= 0.6 is 11.8 Å². The summed E-state index contributed by atoms with van der Waals surface area (Å²) in [4.78, 5) is 12.3. The summed E-state index contributed by atoms with van der Waals surface area (Å²) in [6.45, 7) is 0. The van der Waals surface area contributed by atoms with Gasteiger partial charge in [-0.25, -0.2) is 0 Å². The number of amides is 1. The SMILES string of the molecule is O=C1Nc2ccccc2CCC1NC1CCCSC1. The third-order valence-electron chi connectivity index (χ3n) is 3.89. The Morgan fingerprint density at radius 2 is 2.16 bits per heavy atom. The summed E-state index contributed by atoms with van der Waals surface area (Å²) >= 11 is 1.99. The van der Waals surface area contributed by atoms with Crippen molar-refractivity contribution >= 4 is 23.4 Å². The Kier molecular flexibility index (Phi) is 4.09. The highest BCUT2D eigenvalue weighted by Crippen LogP contribution is 2.23. The van der Waals surface area contributed by atoms with Gasteiger partial charge in [-0.2, -0.15) is 11.8 Å². The van der Waals surface area contributed by atoms with Gasteiger partial charge in [0.15, 0.2) is 0 Å². The summed E-state index contributed by atoms with van der Waals surface area (Å²) in [6, 6.07) is 8.56. The molecule has 0 radical (unpaired) electrons. The van der Waals surface area contributed by atoms with Gasteiger partial charge >= 0.3 is 0 Å². The highest BCUT2D eigenvalue weighted by atomic mass is 32.2. The molecule has 1 aromatic rings. The van der Waals surface area contributed by atoms with Crippen LogP contribution in [0.25, 0.3) is 0 Å². The number of hydrogen-bond donors (Lipinski definition) is 2. The standard InChI is InChI=1S/C15H20N2OS/c18-15-14(16-12-5-3-9-19-10-12)8-7-11-4-1-2-6-13(11)17-15/h1-2,4,6,12,14,16H,3,5,7-10H2,(H,17,18). The van der Waals surface area contributed by atoms with Crippen molar-refractivity contribution in [2.75, 3.05) is 16.8 Å². The van der Waals surface area contributed by atoms with Crippen LogP contribution in [0.2, 0.25) is 0 Å². The zero-order valence-electron chi connectivity index (χ0n) is 11.0. The zero-order chi connectivity index (χ0) is 13.1. The van der Waals surface area contributed by atoms with Crippen LogP contribution in [0.3, 0.4) is 0 Å². The number of aryl methyl sites for hydroxylation is 1. The summed E-state index contributed by atoms with van der Waals surface area (Å²) in [5.74, 6) is 2.53. The molecule has 3 nitrogen and oxygen atoms in total. The smallest absolute Gasteiger partial charge is 0.241 e. The lowest BCUT2D eigenvalue weighted by Gasteiger charge is -2.26. The Morgan fingerprint density at radius 3 is 3.00 bits per heavy atom. The first-order chi connectivity index (χ1) is 9.33. The number of thioether (sulfide) groups is 1. The van der Waals surface area contributed by atoms with E-state index in [0.717, 1.165) is 24.3 Å². The summed E-state index contributed by atoms with van der Waals surface area (Å²) in [7, 11) is 0. The lowest BCUT2D eigenvalue weighted by molar-refractivity contribution is -0.118. The second kappa shape index (κ2) is 5.97. The maximum Gasteiger partial charge on any atom is 0.241 e. The first-order valence-electron chi connectivity index (χ1n) is 7.05. The van der Waals surface area contributed by atoms with Gasteiger partial charge in [-0.3, -0.25) is 4.79 Å². The van der Waals surface area contributed by atoms with Crippen molar-refractivity contribution < 1.29 is 4.79 Å². The van der Waals surface area contributed by atoms with E-state index in [-0.39, 0.29) is 11.9 Å². The molecular weight excluding hydrogens is 256 g/mol. The molecule has 2 unspecified atom stereocenters. The first kappa shape index (κ1) is 13.0. The van der Waals surface area contributed by atoms with Gasteiger partial charge in [-0.1, -0.05) is 18.2 Å². The van der Waals surface area contributed by atoms with Gasteiger partial charge in [0, 0.05) is 17.5 Å². The van der Waals surface area contributed by atoms with Crippen LogP contribution in [0.15, 0.2) is 24.3 Å². The monoisotopic (exact) mass is 276 g/mol. The molecule has 1 saturated heterocycles. The fourth-order valence-corrected chi connectivity index (χ4v) is 3.91. The van der Waals surface area contributed by atoms with E-state index < -0.39 is 0 Å². The van der Waals surface area contributed by atoms with Crippen molar-refractivity contribution in [1.29, 1.82) is 0 Å². The Hall–Kier alpha value is -1.00. The third kappa shape index (κ3) is 3.12. The number of carbonyl (C=O) groups is 1. The second-order valence-electron chi connectivity index (χ2n) is 5.32. The number of benzene rings is 1. The minimum Gasteiger partial charge on any atom is -0.324 e. The summed E-state index contributed by atoms with van der Waals surface area (Å²) in [5, 5.41) is 6.60. The summed E-state index contributed by atoms with van der Waals surface area (Å²) in [5.41, 5.74) is 2.23. The number of anilines is 1. The molecule has 1 aromatic carbocycles. The predicted molar refractivity (Wildman–Crippen MR) is 80.7 cm³/mol. The van der Waals surface area contributed by atoms with Gasteiger partial charge in [-0.05, 0) is 43.1 Å². The highest BCUT2D eigenvalue weighted by Gasteiger charge is 2.26. The normalized spacial score (nSPS) is 27.3. The van der Waals surface area contributed by atoms with Crippen LogP contribution in [-0.2, 0) is 11.2 Å². The number of carbonyl (C=O) groups excluding carboxylic acids is 1. The van der Waals surface area contributed by atoms with Gasteiger partial charge in [0.05, 0.1) is 6.04 Å². The number of hydrogen-bond acceptors (Lipinski definition) is 3. The van der Waals surface area contributed by atoms with Crippen LogP contribution in [0.4, 0.5) is 5.69 Å². The van der Waals surface area contributed by atoms with Crippen molar-refractivity contribution in [1.82, 2.24) is 5.32 Å². The molecule has 2 N–H and O–H groups in total. The molecule has 2 aliphatic rings. The van der Waals surface area contributed by atoms with E-state index in [1.807, 2.05) is 30.0 Å². The van der Waals surface area contributed by atoms with E-state index in [9.17, 15) is 4.79 Å². The summed E-state index contributed by atoms with van der Waals surface area (Å²) in [6.07, 6.45) is 4.32. The molecule has 2 heterocycles. The van der Waals surface area contributed by atoms with E-state index in [1.54, 1.807) is 0 Å². The zero-order valence-corrected chi connectivity index (χ0v) is 11.8. The van der Waals surface area contributed by atoms with E-state index in [2.05, 4.69) is 16.7 Å². The second-order valence-corrected chi connectivity index (χ2v) is 6.47. The van der Waals surface area contributed by atoms with Crippen molar-refractivity contribution in [3.63, 3.8) is 0 Å². The van der Waals surface area contributed by atoms with Gasteiger partial charge in [0.25, 0.3) is 0 Å². The largest absolute Gasteiger partial charge is 0.324 e. The van der Waals surface area contributed by atoms with Crippen molar-refractivity contribution in [2.24, 2.45) is 0 Å². The van der Waals surface area contributed by atoms with Crippen LogP contribution in [-0.4, -0.2) is 29.5 Å². The Morgan fingerprint density at radius 1 is 1.26 bits per heavy atom. The molecule has 102 valence electrons. The molecule has 3 rings (SSSR count). The average Bonchev–Trinajstić information content (AvgIpc) is 2.60. The van der Waals surface area contributed by atoms with Crippen LogP contribution < -0.4 is 10.6 Å². The first-order valence-corrected chi connectivity index (χ1v) is 8.21. The van der Waals surface area contributed by atoms with Gasteiger partial charge in [0.2, 0.25) is 5.91 Å². The Bertz CT molecular complexity index is 457. The average molecular weight is 276 g/mol. The quantitative estimate of drug-likeness (QED) is 0.871. The van der Waals surface area contributed by atoms with Gasteiger partial charge in [-0.15, -0.1) is 0 Å². The molecule has 0 saturated carbocycles. The molecule has 4 heteroatoms. The summed E-state index contributed by atoms with van der Waals surface area (Å²) < 4.78 is 0. The van der Waals surface area contributed by atoms with Gasteiger partial charge < -0.3 is 10.6 Å². The van der Waals surface area contributed by atoms with Crippen molar-refractivity contribution in [2.45, 2.75) is 37.8 Å². The minimum absolute atomic E-state index is 0.0453. The molecule has 1 amide bonds. The van der Waals surface area contributed by atoms with Crippen molar-refractivity contribution in [3.8, 4) is 0 Å². The molecule has 0 spiro atoms. The highest BCUT2D eigenvalue weighted by molar-refractivity contribution is 7.99. The molecule has 1 fully saturated rings. The van der Waals surface area contributed by atoms with E-state index >= 15 is 0 Å². The molecular formula is C15H20N2OS. The van der Waals surface area contributed by atoms with E-state index in [1.165, 1.54) is 24.2 Å². The maximum atomic E-state index is 12.3. The molecule has 2 aliphatic heterocycles. The molecule has 19 heavy (non-hydrogen) atoms. The topological polar surface area (TPSA) is 41.1 Å². The van der Waals surface area contributed by atoms with Crippen molar-refractivity contribution in [3.05, 3.63) is 29.8 Å². The molecule has 0 aliphatic carbocycles. The number of para-hydroxylation sites is 1. The Balaban J connectivity index is 1.66. The number of nitrogens with one attached hydrogen (secondary N) is 2. The number of fused-ring (bicyclic) bond motifs is 1. The fraction of sp³-hybridized carbons (Fsp3) is 0.533. The minimum atomic E-state index is -0.0453. The third-order valence-corrected chi connectivity index (χ3v) is 5.11. The van der Waals surface area contributed by atoms with Gasteiger partial charge in [0.1, 0.15) is 0 Å². The fourth-order valence-electron chi connectivity index (χ4n) is 2.83. The molecule has 0 aromatic heterocycles.